The molecule has 1 aliphatic heterocycles. The van der Waals surface area contributed by atoms with Gasteiger partial charge in [0.15, 0.2) is 26.3 Å². The third-order valence-corrected chi connectivity index (χ3v) is 16.6. The Morgan fingerprint density at radius 1 is 0.894 bits per heavy atom. The molecule has 2 N–H and O–H groups in total. The number of anilines is 4. The highest BCUT2D eigenvalue weighted by molar-refractivity contribution is 14.1. The molecule has 352 valence electrons. The molecule has 5 heterocycles. The minimum absolute atomic E-state index is 0.00506. The molecule has 2 atom stereocenters. The average Bonchev–Trinajstić information content (AvgIpc) is 3.83. The van der Waals surface area contributed by atoms with E-state index in [1.54, 1.807) is 11.3 Å². The van der Waals surface area contributed by atoms with Gasteiger partial charge in [-0.1, -0.05) is 69.4 Å². The van der Waals surface area contributed by atoms with E-state index < -0.39 is 5.97 Å². The van der Waals surface area contributed by atoms with Crippen molar-refractivity contribution in [2.24, 2.45) is 16.2 Å². The van der Waals surface area contributed by atoms with E-state index in [1.807, 2.05) is 64.0 Å². The minimum Gasteiger partial charge on any atom is -0.476 e. The number of carbonyl (C=O) groups excluding carboxylic acids is 1. The molecule has 4 aromatic heterocycles. The number of fused-ring (bicyclic) bond motifs is 2. The maximum absolute atomic E-state index is 13.0. The smallest absolute Gasteiger partial charge is 0.355 e. The third kappa shape index (κ3) is 10.1. The van der Waals surface area contributed by atoms with Gasteiger partial charge >= 0.3 is 5.97 Å². The summed E-state index contributed by atoms with van der Waals surface area (Å²) in [6.45, 7) is 13.3. The highest BCUT2D eigenvalue weighted by Crippen LogP contribution is 2.72. The van der Waals surface area contributed by atoms with Crippen LogP contribution in [0.3, 0.4) is 0 Å². The number of unbranched alkanes of at least 4 members (excludes halogenated alkanes) is 6. The maximum atomic E-state index is 13.0. The molecular formula is C51H66IN9O4S. The molecule has 0 amide bonds. The van der Waals surface area contributed by atoms with Crippen molar-refractivity contribution in [3.8, 4) is 11.1 Å². The van der Waals surface area contributed by atoms with Gasteiger partial charge in [-0.15, -0.1) is 10.2 Å². The van der Waals surface area contributed by atoms with E-state index in [9.17, 15) is 14.7 Å². The van der Waals surface area contributed by atoms with Crippen molar-refractivity contribution < 1.29 is 19.4 Å². The Bertz CT molecular complexity index is 2540. The topological polar surface area (TPSA) is 151 Å². The molecule has 0 saturated heterocycles. The Hall–Kier alpha value is -4.06. The Morgan fingerprint density at radius 2 is 1.64 bits per heavy atom. The van der Waals surface area contributed by atoms with Crippen LogP contribution in [0.2, 0.25) is 0 Å². The van der Waals surface area contributed by atoms with Crippen molar-refractivity contribution in [2.75, 3.05) is 43.5 Å². The van der Waals surface area contributed by atoms with E-state index in [0.717, 1.165) is 122 Å². The minimum atomic E-state index is -1.08. The van der Waals surface area contributed by atoms with Crippen LogP contribution in [-0.2, 0) is 22.5 Å². The number of para-hydroxylation sites is 1. The van der Waals surface area contributed by atoms with Crippen molar-refractivity contribution in [3.05, 3.63) is 65.1 Å². The molecule has 66 heavy (non-hydrogen) atoms. The molecule has 4 saturated carbocycles. The van der Waals surface area contributed by atoms with Crippen LogP contribution in [0.5, 0.6) is 0 Å². The van der Waals surface area contributed by atoms with Crippen LogP contribution in [0.1, 0.15) is 137 Å². The summed E-state index contributed by atoms with van der Waals surface area (Å²) in [6, 6.07) is 11.9. The van der Waals surface area contributed by atoms with E-state index >= 15 is 0 Å². The zero-order valence-corrected chi connectivity index (χ0v) is 42.4. The number of nitrogens with zero attached hydrogens (tertiary/aromatic N) is 8. The second kappa shape index (κ2) is 19.1. The number of hydrogen-bond donors (Lipinski definition) is 2. The van der Waals surface area contributed by atoms with Crippen LogP contribution in [-0.4, -0.2) is 88.6 Å². The Kier molecular flexibility index (Phi) is 13.6. The van der Waals surface area contributed by atoms with Gasteiger partial charge in [-0.05, 0) is 155 Å². The van der Waals surface area contributed by atoms with Gasteiger partial charge in [0.2, 0.25) is 0 Å². The molecule has 0 spiro atoms. The summed E-state index contributed by atoms with van der Waals surface area (Å²) < 4.78 is 10.6. The predicted molar refractivity (Wildman–Crippen MR) is 271 cm³/mol. The monoisotopic (exact) mass is 1030 g/mol. The van der Waals surface area contributed by atoms with Crippen molar-refractivity contribution in [1.29, 1.82) is 0 Å². The summed E-state index contributed by atoms with van der Waals surface area (Å²) in [4.78, 5) is 38.2. The molecule has 4 fully saturated rings. The number of nitrogens with one attached hydrogen (secondary N) is 1. The SMILES string of the molecule is Cc1c(Nc2nc3ccccc3s2)nnc2c1CCCN2c1ccc(-c2cnn(CC34CC5(C)CC(C)(C3)CC(OCCN(C)CCCCCCCCCC(=O)I)(C5)C4)c2C)c(C(=O)O)n1. The first-order chi connectivity index (χ1) is 31.6. The van der Waals surface area contributed by atoms with Gasteiger partial charge in [0.1, 0.15) is 5.82 Å². The van der Waals surface area contributed by atoms with Gasteiger partial charge in [-0.25, -0.2) is 14.8 Å². The third-order valence-electron chi connectivity index (χ3n) is 15.1. The predicted octanol–water partition coefficient (Wildman–Crippen LogP) is 11.6. The quantitative estimate of drug-likeness (QED) is 0.0409. The van der Waals surface area contributed by atoms with E-state index in [2.05, 4.69) is 65.9 Å². The van der Waals surface area contributed by atoms with Gasteiger partial charge in [0.25, 0.3) is 0 Å². The number of benzene rings is 1. The van der Waals surface area contributed by atoms with Crippen LogP contribution in [0.25, 0.3) is 21.3 Å². The molecule has 5 aromatic rings. The number of likely N-dealkylation sites (N-methyl/N-ethyl adjacent to an activating group) is 1. The largest absolute Gasteiger partial charge is 0.476 e. The number of carboxylic acids is 1. The summed E-state index contributed by atoms with van der Waals surface area (Å²) in [7, 11) is 2.23. The van der Waals surface area contributed by atoms with Crippen molar-refractivity contribution in [2.45, 2.75) is 143 Å². The van der Waals surface area contributed by atoms with E-state index in [4.69, 9.17) is 19.8 Å². The number of aromatic carboxylic acids is 1. The first-order valence-corrected chi connectivity index (χ1v) is 26.1. The molecule has 2 unspecified atom stereocenters. The zero-order valence-electron chi connectivity index (χ0n) is 39.4. The van der Waals surface area contributed by atoms with E-state index in [-0.39, 0.29) is 31.3 Å². The number of thiazole rings is 1. The Balaban J connectivity index is 0.861. The lowest BCUT2D eigenvalue weighted by Gasteiger charge is -2.69. The molecular weight excluding hydrogens is 962 g/mol. The first-order valence-electron chi connectivity index (χ1n) is 24.2. The van der Waals surface area contributed by atoms with Crippen LogP contribution in [0.15, 0.2) is 42.6 Å². The molecule has 10 rings (SSSR count). The maximum Gasteiger partial charge on any atom is 0.355 e. The lowest BCUT2D eigenvalue weighted by molar-refractivity contribution is -0.248. The molecule has 4 aliphatic carbocycles. The normalized spacial score (nSPS) is 24.4. The summed E-state index contributed by atoms with van der Waals surface area (Å²) in [5.41, 5.74) is 5.68. The number of ether oxygens (including phenoxy) is 1. The zero-order chi connectivity index (χ0) is 46.3. The van der Waals surface area contributed by atoms with E-state index in [1.165, 1.54) is 38.5 Å². The second-order valence-corrected chi connectivity index (χ2v) is 23.3. The fourth-order valence-electron chi connectivity index (χ4n) is 13.3. The summed E-state index contributed by atoms with van der Waals surface area (Å²) in [5, 5.41) is 29.1. The molecule has 0 radical (unpaired) electrons. The van der Waals surface area contributed by atoms with Crippen molar-refractivity contribution in [3.63, 3.8) is 0 Å². The van der Waals surface area contributed by atoms with Crippen LogP contribution < -0.4 is 10.2 Å². The Morgan fingerprint density at radius 3 is 2.38 bits per heavy atom. The van der Waals surface area contributed by atoms with Gasteiger partial charge in [-0.3, -0.25) is 9.48 Å². The number of aromatic nitrogens is 6. The Labute approximate surface area is 407 Å². The summed E-state index contributed by atoms with van der Waals surface area (Å²) in [5.74, 6) is 0.840. The van der Waals surface area contributed by atoms with Gasteiger partial charge in [0.05, 0.1) is 28.6 Å². The number of carbonyl (C=O) groups is 2. The van der Waals surface area contributed by atoms with Crippen molar-refractivity contribution >= 4 is 76.5 Å². The first kappa shape index (κ1) is 47.0. The van der Waals surface area contributed by atoms with Gasteiger partial charge in [-0.2, -0.15) is 5.10 Å². The van der Waals surface area contributed by atoms with Crippen molar-refractivity contribution in [1.82, 2.24) is 34.8 Å². The molecule has 15 heteroatoms. The average molecular weight is 1030 g/mol. The molecule has 1 aromatic carbocycles. The standard InChI is InChI=1S/C51H66IN9O4S/c1-34-36-16-15-23-60(45(36)58-57-44(34)56-47-54-39-17-12-13-18-40(39)66-47)42-21-20-37(43(55-42)46(63)64)38-26-53-61(35(38)2)33-50-28-48(3)27-49(4,29-50)31-51(30-48,32-50)65-25-24-59(5)22-14-10-8-6-7-9-11-19-41(52)62/h12-13,17-18,20-21,26H,6-11,14-16,19,22-25,27-33H2,1-5H3,(H,63,64)(H,54,56,57). The van der Waals surface area contributed by atoms with Crippen LogP contribution in [0.4, 0.5) is 22.6 Å². The summed E-state index contributed by atoms with van der Waals surface area (Å²) >= 11 is 3.48. The number of halogens is 1. The highest BCUT2D eigenvalue weighted by Gasteiger charge is 2.66. The molecule has 13 nitrogen and oxygen atoms in total. The fourth-order valence-corrected chi connectivity index (χ4v) is 14.6. The number of rotatable bonds is 21. The number of hydrogen-bond acceptors (Lipinski definition) is 12. The fraction of sp³-hybridized carbons (Fsp3) is 0.588. The molecule has 5 aliphatic rings. The lowest BCUT2D eigenvalue weighted by atomic mass is 9.39. The highest BCUT2D eigenvalue weighted by atomic mass is 127. The number of carboxylic acid groups (broad SMARTS) is 1. The second-order valence-electron chi connectivity index (χ2n) is 21.1. The van der Waals surface area contributed by atoms with Crippen LogP contribution in [0, 0.1) is 30.1 Å². The van der Waals surface area contributed by atoms with Crippen LogP contribution >= 0.6 is 33.9 Å². The van der Waals surface area contributed by atoms with Gasteiger partial charge in [0, 0.05) is 54.0 Å². The van der Waals surface area contributed by atoms with Gasteiger partial charge < -0.3 is 25.0 Å². The van der Waals surface area contributed by atoms with E-state index in [0.29, 0.717) is 36.0 Å². The number of pyridine rings is 1. The summed E-state index contributed by atoms with van der Waals surface area (Å²) in [6.07, 6.45) is 19.5. The lowest BCUT2D eigenvalue weighted by Crippen LogP contribution is -2.64. The molecule has 4 bridgehead atoms.